The Balaban J connectivity index is 1.66. The third kappa shape index (κ3) is 4.55. The Morgan fingerprint density at radius 2 is 1.91 bits per heavy atom. The minimum absolute atomic E-state index is 0.184. The zero-order chi connectivity index (χ0) is 22.8. The summed E-state index contributed by atoms with van der Waals surface area (Å²) < 4.78 is 6.90. The maximum atomic E-state index is 12.7. The summed E-state index contributed by atoms with van der Waals surface area (Å²) in [6.45, 7) is 2.01. The number of benzene rings is 2. The van der Waals surface area contributed by atoms with Crippen molar-refractivity contribution in [2.75, 3.05) is 13.2 Å². The molecule has 1 aromatic heterocycles. The van der Waals surface area contributed by atoms with Gasteiger partial charge in [0.15, 0.2) is 0 Å². The van der Waals surface area contributed by atoms with Crippen LogP contribution >= 0.6 is 35.0 Å². The van der Waals surface area contributed by atoms with E-state index in [1.165, 1.54) is 0 Å². The Morgan fingerprint density at radius 3 is 2.66 bits per heavy atom. The highest BCUT2D eigenvalue weighted by molar-refractivity contribution is 8.18. The van der Waals surface area contributed by atoms with Crippen molar-refractivity contribution < 1.29 is 19.1 Å². The topological polar surface area (TPSA) is 68.6 Å². The van der Waals surface area contributed by atoms with Crippen molar-refractivity contribution in [2.24, 2.45) is 0 Å². The second-order valence-electron chi connectivity index (χ2n) is 7.05. The Bertz CT molecular complexity index is 1270. The average Bonchev–Trinajstić information content (AvgIpc) is 3.23. The zero-order valence-corrected chi connectivity index (χ0v) is 19.3. The normalized spacial score (nSPS) is 15.2. The standard InChI is InChI=1S/C23H18Cl2N2O4S/c1-2-31-21(28)13-27-22(29)20(32-23(27)30)10-15-12-26(19-6-4-3-5-16(15)19)11-14-7-8-17(24)18(25)9-14/h3-10,12H,2,11,13H2,1H3. The number of thioether (sulfide) groups is 1. The molecular weight excluding hydrogens is 471 g/mol. The number of rotatable bonds is 6. The van der Waals surface area contributed by atoms with Crippen LogP contribution in [0.1, 0.15) is 18.1 Å². The van der Waals surface area contributed by atoms with Crippen molar-refractivity contribution in [1.82, 2.24) is 9.47 Å². The number of esters is 1. The maximum Gasteiger partial charge on any atom is 0.326 e. The Kier molecular flexibility index (Phi) is 6.60. The highest BCUT2D eigenvalue weighted by atomic mass is 35.5. The van der Waals surface area contributed by atoms with E-state index >= 15 is 0 Å². The van der Waals surface area contributed by atoms with Gasteiger partial charge in [-0.15, -0.1) is 0 Å². The molecule has 0 bridgehead atoms. The first kappa shape index (κ1) is 22.5. The number of ether oxygens (including phenoxy) is 1. The molecule has 0 N–H and O–H groups in total. The molecule has 32 heavy (non-hydrogen) atoms. The van der Waals surface area contributed by atoms with Crippen LogP contribution in [0.5, 0.6) is 0 Å². The van der Waals surface area contributed by atoms with Crippen LogP contribution in [0.25, 0.3) is 17.0 Å². The summed E-state index contributed by atoms with van der Waals surface area (Å²) in [6.07, 6.45) is 3.61. The number of aromatic nitrogens is 1. The molecule has 6 nitrogen and oxygen atoms in total. The molecule has 1 aliphatic heterocycles. The second kappa shape index (κ2) is 9.40. The van der Waals surface area contributed by atoms with Gasteiger partial charge in [0.2, 0.25) is 0 Å². The fraction of sp³-hybridized carbons (Fsp3) is 0.174. The van der Waals surface area contributed by atoms with E-state index in [9.17, 15) is 14.4 Å². The van der Waals surface area contributed by atoms with Gasteiger partial charge in [-0.1, -0.05) is 47.5 Å². The van der Waals surface area contributed by atoms with Gasteiger partial charge in [-0.3, -0.25) is 19.3 Å². The Morgan fingerprint density at radius 1 is 1.12 bits per heavy atom. The number of carbonyl (C=O) groups excluding carboxylic acids is 3. The summed E-state index contributed by atoms with van der Waals surface area (Å²) in [5.41, 5.74) is 2.74. The zero-order valence-electron chi connectivity index (χ0n) is 17.0. The van der Waals surface area contributed by atoms with E-state index in [4.69, 9.17) is 27.9 Å². The second-order valence-corrected chi connectivity index (χ2v) is 8.86. The van der Waals surface area contributed by atoms with E-state index < -0.39 is 23.7 Å². The summed E-state index contributed by atoms with van der Waals surface area (Å²) in [5, 5.41) is 1.42. The van der Waals surface area contributed by atoms with E-state index in [2.05, 4.69) is 0 Å². The number of hydrogen-bond donors (Lipinski definition) is 0. The monoisotopic (exact) mass is 488 g/mol. The molecule has 0 spiro atoms. The third-order valence-corrected chi connectivity index (χ3v) is 6.56. The van der Waals surface area contributed by atoms with E-state index in [-0.39, 0.29) is 11.5 Å². The number of nitrogens with zero attached hydrogens (tertiary/aromatic N) is 2. The molecule has 2 aromatic carbocycles. The van der Waals surface area contributed by atoms with Crippen molar-refractivity contribution >= 4 is 69.1 Å². The van der Waals surface area contributed by atoms with Crippen LogP contribution < -0.4 is 0 Å². The van der Waals surface area contributed by atoms with Crippen LogP contribution in [0.15, 0.2) is 53.6 Å². The minimum atomic E-state index is -0.616. The van der Waals surface area contributed by atoms with Crippen molar-refractivity contribution in [3.63, 3.8) is 0 Å². The molecule has 0 radical (unpaired) electrons. The summed E-state index contributed by atoms with van der Waals surface area (Å²) >= 11 is 13.0. The molecule has 0 atom stereocenters. The van der Waals surface area contributed by atoms with Gasteiger partial charge < -0.3 is 9.30 Å². The molecule has 2 heterocycles. The quantitative estimate of drug-likeness (QED) is 0.333. The van der Waals surface area contributed by atoms with Gasteiger partial charge in [-0.2, -0.15) is 0 Å². The molecule has 1 aliphatic rings. The summed E-state index contributed by atoms with van der Waals surface area (Å²) in [4.78, 5) is 37.9. The van der Waals surface area contributed by atoms with Crippen molar-refractivity contribution in [2.45, 2.75) is 13.5 Å². The van der Waals surface area contributed by atoms with Crippen LogP contribution in [-0.4, -0.2) is 39.7 Å². The van der Waals surface area contributed by atoms with Gasteiger partial charge in [-0.25, -0.2) is 0 Å². The number of amides is 2. The molecule has 3 aromatic rings. The van der Waals surface area contributed by atoms with E-state index in [0.717, 1.165) is 38.7 Å². The smallest absolute Gasteiger partial charge is 0.326 e. The highest BCUT2D eigenvalue weighted by Crippen LogP contribution is 2.34. The first-order valence-corrected chi connectivity index (χ1v) is 11.4. The van der Waals surface area contributed by atoms with Gasteiger partial charge in [0.05, 0.1) is 21.6 Å². The van der Waals surface area contributed by atoms with Gasteiger partial charge in [0.25, 0.3) is 11.1 Å². The number of carbonyl (C=O) groups is 3. The molecule has 1 saturated heterocycles. The van der Waals surface area contributed by atoms with Crippen LogP contribution in [-0.2, 0) is 20.9 Å². The third-order valence-electron chi connectivity index (χ3n) is 4.91. The lowest BCUT2D eigenvalue weighted by Gasteiger charge is -2.10. The van der Waals surface area contributed by atoms with E-state index in [0.29, 0.717) is 16.6 Å². The fourth-order valence-corrected chi connectivity index (χ4v) is 4.62. The van der Waals surface area contributed by atoms with Gasteiger partial charge >= 0.3 is 5.97 Å². The van der Waals surface area contributed by atoms with Gasteiger partial charge in [-0.05, 0) is 48.5 Å². The lowest BCUT2D eigenvalue weighted by molar-refractivity contribution is -0.145. The lowest BCUT2D eigenvalue weighted by Crippen LogP contribution is -2.34. The van der Waals surface area contributed by atoms with E-state index in [1.807, 2.05) is 47.2 Å². The summed E-state index contributed by atoms with van der Waals surface area (Å²) in [6, 6.07) is 13.3. The average molecular weight is 489 g/mol. The van der Waals surface area contributed by atoms with E-state index in [1.54, 1.807) is 19.1 Å². The molecule has 1 fully saturated rings. The SMILES string of the molecule is CCOC(=O)CN1C(=O)SC(=Cc2cn(Cc3ccc(Cl)c(Cl)c3)c3ccccc23)C1=O. The highest BCUT2D eigenvalue weighted by Gasteiger charge is 2.36. The number of para-hydroxylation sites is 1. The minimum Gasteiger partial charge on any atom is -0.465 e. The van der Waals surface area contributed by atoms with Crippen LogP contribution in [0.4, 0.5) is 4.79 Å². The molecule has 9 heteroatoms. The predicted molar refractivity (Wildman–Crippen MR) is 127 cm³/mol. The van der Waals surface area contributed by atoms with Gasteiger partial charge in [0.1, 0.15) is 6.54 Å². The maximum absolute atomic E-state index is 12.7. The largest absolute Gasteiger partial charge is 0.465 e. The molecule has 0 unspecified atom stereocenters. The summed E-state index contributed by atoms with van der Waals surface area (Å²) in [5.74, 6) is -1.12. The first-order chi connectivity index (χ1) is 15.4. The number of fused-ring (bicyclic) bond motifs is 1. The molecule has 2 amide bonds. The van der Waals surface area contributed by atoms with Gasteiger partial charge in [0, 0.05) is 29.2 Å². The molecule has 0 aliphatic carbocycles. The summed E-state index contributed by atoms with van der Waals surface area (Å²) in [7, 11) is 0. The van der Waals surface area contributed by atoms with Crippen molar-refractivity contribution in [3.8, 4) is 0 Å². The Labute approximate surface area is 198 Å². The fourth-order valence-electron chi connectivity index (χ4n) is 3.47. The lowest BCUT2D eigenvalue weighted by atomic mass is 10.1. The van der Waals surface area contributed by atoms with Crippen LogP contribution in [0, 0.1) is 0 Å². The molecular formula is C23H18Cl2N2O4S. The van der Waals surface area contributed by atoms with Crippen molar-refractivity contribution in [3.05, 3.63) is 74.7 Å². The first-order valence-electron chi connectivity index (χ1n) is 9.80. The predicted octanol–water partition coefficient (Wildman–Crippen LogP) is 5.60. The number of imide groups is 1. The molecule has 4 rings (SSSR count). The van der Waals surface area contributed by atoms with Crippen LogP contribution in [0.2, 0.25) is 10.0 Å². The Hall–Kier alpha value is -2.74. The molecule has 0 saturated carbocycles. The van der Waals surface area contributed by atoms with Crippen LogP contribution in [0.3, 0.4) is 0 Å². The molecule has 164 valence electrons. The number of hydrogen-bond acceptors (Lipinski definition) is 5. The number of halogens is 2. The van der Waals surface area contributed by atoms with Crippen molar-refractivity contribution in [1.29, 1.82) is 0 Å².